The first-order valence-corrected chi connectivity index (χ1v) is 9.09. The Kier molecular flexibility index (Phi) is 6.30. The minimum atomic E-state index is -0.574. The maximum atomic E-state index is 11.7. The summed E-state index contributed by atoms with van der Waals surface area (Å²) in [5, 5.41) is 12.5. The molecule has 1 fully saturated rings. The lowest BCUT2D eigenvalue weighted by atomic mass is 10.1. The fourth-order valence-electron chi connectivity index (χ4n) is 3.13. The SMILES string of the molecule is CCOC(=O)N1CCN(C[C@@H](O)COc2ccc3ccccc3c2)CC1. The molecule has 26 heavy (non-hydrogen) atoms. The minimum absolute atomic E-state index is 0.246. The summed E-state index contributed by atoms with van der Waals surface area (Å²) in [5.74, 6) is 0.759. The third kappa shape index (κ3) is 4.86. The van der Waals surface area contributed by atoms with Crippen molar-refractivity contribution in [3.63, 3.8) is 0 Å². The number of aliphatic hydroxyl groups excluding tert-OH is 1. The number of amides is 1. The van der Waals surface area contributed by atoms with E-state index >= 15 is 0 Å². The van der Waals surface area contributed by atoms with Crippen LogP contribution >= 0.6 is 0 Å². The van der Waals surface area contributed by atoms with Crippen LogP contribution in [0.4, 0.5) is 4.79 Å². The number of piperazine rings is 1. The number of aliphatic hydroxyl groups is 1. The molecule has 0 bridgehead atoms. The van der Waals surface area contributed by atoms with Gasteiger partial charge in [0.2, 0.25) is 0 Å². The normalized spacial score (nSPS) is 16.5. The van der Waals surface area contributed by atoms with E-state index in [1.807, 2.05) is 36.4 Å². The van der Waals surface area contributed by atoms with Crippen LogP contribution in [0, 0.1) is 0 Å². The fourth-order valence-corrected chi connectivity index (χ4v) is 3.13. The second kappa shape index (κ2) is 8.87. The Labute approximate surface area is 153 Å². The molecule has 1 heterocycles. The van der Waals surface area contributed by atoms with Crippen LogP contribution in [0.2, 0.25) is 0 Å². The predicted octanol–water partition coefficient (Wildman–Crippen LogP) is 2.35. The zero-order valence-electron chi connectivity index (χ0n) is 15.1. The van der Waals surface area contributed by atoms with Crippen LogP contribution in [0.5, 0.6) is 5.75 Å². The molecule has 1 aliphatic rings. The van der Waals surface area contributed by atoms with Crippen molar-refractivity contribution >= 4 is 16.9 Å². The maximum absolute atomic E-state index is 11.7. The molecule has 1 saturated heterocycles. The monoisotopic (exact) mass is 358 g/mol. The van der Waals surface area contributed by atoms with Crippen molar-refractivity contribution in [3.8, 4) is 5.75 Å². The van der Waals surface area contributed by atoms with Crippen LogP contribution in [0.1, 0.15) is 6.92 Å². The van der Waals surface area contributed by atoms with E-state index in [1.165, 1.54) is 5.39 Å². The molecule has 6 nitrogen and oxygen atoms in total. The Bertz CT molecular complexity index is 729. The summed E-state index contributed by atoms with van der Waals surface area (Å²) in [6.45, 7) is 5.68. The number of ether oxygens (including phenoxy) is 2. The van der Waals surface area contributed by atoms with Crippen molar-refractivity contribution in [2.45, 2.75) is 13.0 Å². The molecule has 0 radical (unpaired) electrons. The number of β-amino-alcohol motifs (C(OH)–C–C–N with tert-alkyl or cyclic N) is 1. The molecule has 3 rings (SSSR count). The fraction of sp³-hybridized carbons (Fsp3) is 0.450. The third-order valence-corrected chi connectivity index (χ3v) is 4.53. The topological polar surface area (TPSA) is 62.2 Å². The summed E-state index contributed by atoms with van der Waals surface area (Å²) in [4.78, 5) is 15.5. The summed E-state index contributed by atoms with van der Waals surface area (Å²) in [6, 6.07) is 14.0. The highest BCUT2D eigenvalue weighted by Crippen LogP contribution is 2.20. The summed E-state index contributed by atoms with van der Waals surface area (Å²) in [5.41, 5.74) is 0. The van der Waals surface area contributed by atoms with E-state index in [2.05, 4.69) is 11.0 Å². The largest absolute Gasteiger partial charge is 0.491 e. The van der Waals surface area contributed by atoms with Gasteiger partial charge in [-0.2, -0.15) is 0 Å². The third-order valence-electron chi connectivity index (χ3n) is 4.53. The molecule has 0 saturated carbocycles. The van der Waals surface area contributed by atoms with Crippen LogP contribution in [-0.4, -0.2) is 73.0 Å². The van der Waals surface area contributed by atoms with E-state index in [1.54, 1.807) is 11.8 Å². The highest BCUT2D eigenvalue weighted by atomic mass is 16.6. The van der Waals surface area contributed by atoms with Gasteiger partial charge in [-0.05, 0) is 29.8 Å². The average molecular weight is 358 g/mol. The molecule has 1 atom stereocenters. The van der Waals surface area contributed by atoms with E-state index in [9.17, 15) is 9.90 Å². The first kappa shape index (κ1) is 18.5. The number of rotatable bonds is 6. The summed E-state index contributed by atoms with van der Waals surface area (Å²) in [6.07, 6.45) is -0.831. The molecule has 2 aromatic carbocycles. The lowest BCUT2D eigenvalue weighted by Gasteiger charge is -2.34. The first-order chi connectivity index (χ1) is 12.7. The Morgan fingerprint density at radius 1 is 1.12 bits per heavy atom. The Hall–Kier alpha value is -2.31. The maximum Gasteiger partial charge on any atom is 0.409 e. The van der Waals surface area contributed by atoms with E-state index in [0.29, 0.717) is 26.2 Å². The predicted molar refractivity (Wildman–Crippen MR) is 100 cm³/mol. The highest BCUT2D eigenvalue weighted by molar-refractivity contribution is 5.83. The lowest BCUT2D eigenvalue weighted by Crippen LogP contribution is -2.51. The quantitative estimate of drug-likeness (QED) is 0.859. The van der Waals surface area contributed by atoms with Gasteiger partial charge in [0.05, 0.1) is 6.61 Å². The van der Waals surface area contributed by atoms with E-state index in [-0.39, 0.29) is 12.7 Å². The summed E-state index contributed by atoms with van der Waals surface area (Å²) in [7, 11) is 0. The van der Waals surface area contributed by atoms with Crippen molar-refractivity contribution in [1.29, 1.82) is 0 Å². The summed E-state index contributed by atoms with van der Waals surface area (Å²) < 4.78 is 10.8. The number of benzene rings is 2. The average Bonchev–Trinajstić information content (AvgIpc) is 2.67. The van der Waals surface area contributed by atoms with E-state index in [0.717, 1.165) is 24.2 Å². The molecule has 1 amide bonds. The van der Waals surface area contributed by atoms with Crippen LogP contribution in [0.25, 0.3) is 10.8 Å². The van der Waals surface area contributed by atoms with Gasteiger partial charge in [0.15, 0.2) is 0 Å². The zero-order chi connectivity index (χ0) is 18.4. The number of hydrogen-bond donors (Lipinski definition) is 1. The van der Waals surface area contributed by atoms with Gasteiger partial charge >= 0.3 is 6.09 Å². The highest BCUT2D eigenvalue weighted by Gasteiger charge is 2.23. The smallest absolute Gasteiger partial charge is 0.409 e. The van der Waals surface area contributed by atoms with Crippen molar-refractivity contribution in [3.05, 3.63) is 42.5 Å². The van der Waals surface area contributed by atoms with Gasteiger partial charge in [0.25, 0.3) is 0 Å². The standard InChI is InChI=1S/C20H26N2O4/c1-2-25-20(24)22-11-9-21(10-12-22)14-18(23)15-26-19-8-7-16-5-3-4-6-17(16)13-19/h3-8,13,18,23H,2,9-12,14-15H2,1H3/t18-/m1/s1. The molecule has 0 spiro atoms. The Morgan fingerprint density at radius 3 is 2.58 bits per heavy atom. The minimum Gasteiger partial charge on any atom is -0.491 e. The van der Waals surface area contributed by atoms with Crippen molar-refractivity contribution in [2.75, 3.05) is 45.9 Å². The molecule has 0 aliphatic carbocycles. The van der Waals surface area contributed by atoms with Gasteiger partial charge in [0, 0.05) is 32.7 Å². The Morgan fingerprint density at radius 2 is 1.85 bits per heavy atom. The van der Waals surface area contributed by atoms with Gasteiger partial charge in [-0.25, -0.2) is 4.79 Å². The molecule has 1 aliphatic heterocycles. The van der Waals surface area contributed by atoms with Crippen molar-refractivity contribution in [1.82, 2.24) is 9.80 Å². The van der Waals surface area contributed by atoms with E-state index < -0.39 is 6.10 Å². The molecule has 1 N–H and O–H groups in total. The van der Waals surface area contributed by atoms with Gasteiger partial charge < -0.3 is 19.5 Å². The van der Waals surface area contributed by atoms with Gasteiger partial charge in [-0.3, -0.25) is 4.90 Å². The molecule has 0 aromatic heterocycles. The number of carbonyl (C=O) groups excluding carboxylic acids is 1. The molecular weight excluding hydrogens is 332 g/mol. The van der Waals surface area contributed by atoms with Crippen LogP contribution in [0.15, 0.2) is 42.5 Å². The molecular formula is C20H26N2O4. The van der Waals surface area contributed by atoms with Crippen molar-refractivity contribution < 1.29 is 19.4 Å². The zero-order valence-corrected chi connectivity index (χ0v) is 15.1. The second-order valence-electron chi connectivity index (χ2n) is 6.46. The van der Waals surface area contributed by atoms with Crippen LogP contribution < -0.4 is 4.74 Å². The Balaban J connectivity index is 1.43. The summed E-state index contributed by atoms with van der Waals surface area (Å²) >= 11 is 0. The molecule has 2 aromatic rings. The number of nitrogens with zero attached hydrogens (tertiary/aromatic N) is 2. The number of hydrogen-bond acceptors (Lipinski definition) is 5. The van der Waals surface area contributed by atoms with Gasteiger partial charge in [-0.1, -0.05) is 30.3 Å². The number of carbonyl (C=O) groups is 1. The first-order valence-electron chi connectivity index (χ1n) is 9.09. The number of fused-ring (bicyclic) bond motifs is 1. The molecule has 0 unspecified atom stereocenters. The second-order valence-corrected chi connectivity index (χ2v) is 6.46. The van der Waals surface area contributed by atoms with Gasteiger partial charge in [-0.15, -0.1) is 0 Å². The van der Waals surface area contributed by atoms with Crippen LogP contribution in [-0.2, 0) is 4.74 Å². The van der Waals surface area contributed by atoms with Crippen molar-refractivity contribution in [2.24, 2.45) is 0 Å². The molecule has 6 heteroatoms. The lowest BCUT2D eigenvalue weighted by molar-refractivity contribution is 0.0408. The molecule has 140 valence electrons. The van der Waals surface area contributed by atoms with Gasteiger partial charge in [0.1, 0.15) is 18.5 Å². The van der Waals surface area contributed by atoms with E-state index in [4.69, 9.17) is 9.47 Å². The van der Waals surface area contributed by atoms with Crippen LogP contribution in [0.3, 0.4) is 0 Å².